The molecule has 2 saturated carbocycles. The SMILES string of the molecule is O=C(O)C1CCC(c2nnc(-c3ccc(N4CCC(OC5CCCCC5)CC4)cc3)s2)CC1. The lowest BCUT2D eigenvalue weighted by Gasteiger charge is -2.36. The molecule has 1 saturated heterocycles. The fourth-order valence-corrected chi connectivity index (χ4v) is 6.66. The molecule has 0 spiro atoms. The van der Waals surface area contributed by atoms with Crippen molar-refractivity contribution < 1.29 is 14.6 Å². The first-order valence-electron chi connectivity index (χ1n) is 12.7. The van der Waals surface area contributed by atoms with Gasteiger partial charge in [-0.15, -0.1) is 10.2 Å². The summed E-state index contributed by atoms with van der Waals surface area (Å²) >= 11 is 1.66. The van der Waals surface area contributed by atoms with Crippen LogP contribution < -0.4 is 4.90 Å². The third-order valence-corrected chi connectivity index (χ3v) is 8.86. The third kappa shape index (κ3) is 5.57. The predicted molar refractivity (Wildman–Crippen MR) is 131 cm³/mol. The van der Waals surface area contributed by atoms with E-state index >= 15 is 0 Å². The molecule has 2 aromatic rings. The molecule has 178 valence electrons. The summed E-state index contributed by atoms with van der Waals surface area (Å²) in [5.41, 5.74) is 2.38. The smallest absolute Gasteiger partial charge is 0.306 e. The molecule has 0 unspecified atom stereocenters. The maximum atomic E-state index is 11.2. The normalized spacial score (nSPS) is 25.3. The van der Waals surface area contributed by atoms with Crippen molar-refractivity contribution in [1.29, 1.82) is 0 Å². The molecule has 2 aliphatic carbocycles. The van der Waals surface area contributed by atoms with Crippen LogP contribution >= 0.6 is 11.3 Å². The molecule has 2 heterocycles. The van der Waals surface area contributed by atoms with E-state index in [4.69, 9.17) is 4.74 Å². The van der Waals surface area contributed by atoms with Crippen LogP contribution in [0.15, 0.2) is 24.3 Å². The van der Waals surface area contributed by atoms with Crippen molar-refractivity contribution in [2.24, 2.45) is 5.92 Å². The topological polar surface area (TPSA) is 75.5 Å². The van der Waals surface area contributed by atoms with Crippen LogP contribution in [-0.2, 0) is 9.53 Å². The molecule has 5 rings (SSSR count). The van der Waals surface area contributed by atoms with Crippen molar-refractivity contribution in [2.45, 2.75) is 88.8 Å². The summed E-state index contributed by atoms with van der Waals surface area (Å²) in [6.07, 6.45) is 13.0. The zero-order valence-corrected chi connectivity index (χ0v) is 20.1. The zero-order valence-electron chi connectivity index (χ0n) is 19.3. The van der Waals surface area contributed by atoms with Gasteiger partial charge in [-0.3, -0.25) is 4.79 Å². The van der Waals surface area contributed by atoms with Crippen LogP contribution in [0.5, 0.6) is 0 Å². The number of anilines is 1. The number of hydrogen-bond acceptors (Lipinski definition) is 6. The van der Waals surface area contributed by atoms with Crippen molar-refractivity contribution in [3.63, 3.8) is 0 Å². The summed E-state index contributed by atoms with van der Waals surface area (Å²) in [5, 5.41) is 20.1. The molecule has 0 atom stereocenters. The first-order valence-corrected chi connectivity index (χ1v) is 13.5. The fraction of sp³-hybridized carbons (Fsp3) is 0.654. The lowest BCUT2D eigenvalue weighted by atomic mass is 9.82. The number of benzene rings is 1. The van der Waals surface area contributed by atoms with Crippen LogP contribution in [0.1, 0.15) is 81.6 Å². The summed E-state index contributed by atoms with van der Waals surface area (Å²) < 4.78 is 6.39. The first-order chi connectivity index (χ1) is 16.2. The molecular formula is C26H35N3O3S. The van der Waals surface area contributed by atoms with Crippen LogP contribution in [0.2, 0.25) is 0 Å². The largest absolute Gasteiger partial charge is 0.481 e. The van der Waals surface area contributed by atoms with Gasteiger partial charge in [0.25, 0.3) is 0 Å². The zero-order chi connectivity index (χ0) is 22.6. The number of carbonyl (C=O) groups is 1. The van der Waals surface area contributed by atoms with Crippen molar-refractivity contribution in [1.82, 2.24) is 10.2 Å². The molecule has 7 heteroatoms. The quantitative estimate of drug-likeness (QED) is 0.569. The number of nitrogens with zero attached hydrogens (tertiary/aromatic N) is 3. The average molecular weight is 470 g/mol. The number of hydrogen-bond donors (Lipinski definition) is 1. The highest BCUT2D eigenvalue weighted by Crippen LogP contribution is 2.39. The molecule has 1 aromatic heterocycles. The highest BCUT2D eigenvalue weighted by Gasteiger charge is 2.29. The van der Waals surface area contributed by atoms with Crippen LogP contribution in [0.3, 0.4) is 0 Å². The van der Waals surface area contributed by atoms with Gasteiger partial charge in [0.2, 0.25) is 0 Å². The Morgan fingerprint density at radius 2 is 1.55 bits per heavy atom. The Kier molecular flexibility index (Phi) is 7.26. The van der Waals surface area contributed by atoms with Gasteiger partial charge in [-0.25, -0.2) is 0 Å². The first kappa shape index (κ1) is 22.8. The minimum absolute atomic E-state index is 0.190. The van der Waals surface area contributed by atoms with E-state index in [9.17, 15) is 9.90 Å². The van der Waals surface area contributed by atoms with Gasteiger partial charge in [-0.05, 0) is 75.6 Å². The number of carboxylic acids is 1. The number of aliphatic carboxylic acids is 1. The third-order valence-electron chi connectivity index (χ3n) is 7.72. The van der Waals surface area contributed by atoms with Crippen molar-refractivity contribution in [2.75, 3.05) is 18.0 Å². The van der Waals surface area contributed by atoms with Gasteiger partial charge < -0.3 is 14.7 Å². The molecule has 3 aliphatic rings. The molecule has 1 N–H and O–H groups in total. The van der Waals surface area contributed by atoms with Crippen molar-refractivity contribution >= 4 is 23.0 Å². The van der Waals surface area contributed by atoms with E-state index in [0.717, 1.165) is 67.2 Å². The number of carboxylic acid groups (broad SMARTS) is 1. The van der Waals surface area contributed by atoms with Gasteiger partial charge in [-0.2, -0.15) is 0 Å². The summed E-state index contributed by atoms with van der Waals surface area (Å²) in [6, 6.07) is 8.73. The van der Waals surface area contributed by atoms with Gasteiger partial charge in [0.05, 0.1) is 18.1 Å². The Hall–Kier alpha value is -1.99. The predicted octanol–water partition coefficient (Wildman–Crippen LogP) is 5.88. The summed E-state index contributed by atoms with van der Waals surface area (Å²) in [4.78, 5) is 13.7. The van der Waals surface area contributed by atoms with E-state index in [2.05, 4.69) is 39.4 Å². The Labute approximate surface area is 200 Å². The van der Waals surface area contributed by atoms with Gasteiger partial charge in [0.1, 0.15) is 10.0 Å². The van der Waals surface area contributed by atoms with Gasteiger partial charge in [0, 0.05) is 30.3 Å². The Balaban J connectivity index is 1.13. The van der Waals surface area contributed by atoms with Gasteiger partial charge in [0.15, 0.2) is 0 Å². The van der Waals surface area contributed by atoms with Crippen molar-refractivity contribution in [3.8, 4) is 10.6 Å². The molecule has 6 nitrogen and oxygen atoms in total. The lowest BCUT2D eigenvalue weighted by molar-refractivity contribution is -0.142. The van der Waals surface area contributed by atoms with E-state index in [1.165, 1.54) is 37.8 Å². The fourth-order valence-electron chi connectivity index (χ4n) is 5.64. The molecule has 1 aliphatic heterocycles. The van der Waals surface area contributed by atoms with Crippen LogP contribution in [0.25, 0.3) is 10.6 Å². The Bertz CT molecular complexity index is 909. The maximum absolute atomic E-state index is 11.2. The molecule has 0 bridgehead atoms. The molecule has 33 heavy (non-hydrogen) atoms. The van der Waals surface area contributed by atoms with Crippen LogP contribution in [0.4, 0.5) is 5.69 Å². The van der Waals surface area contributed by atoms with Gasteiger partial charge >= 0.3 is 5.97 Å². The summed E-state index contributed by atoms with van der Waals surface area (Å²) in [6.45, 7) is 2.11. The average Bonchev–Trinajstić information content (AvgIpc) is 3.36. The number of aromatic nitrogens is 2. The minimum Gasteiger partial charge on any atom is -0.481 e. The molecule has 0 radical (unpaired) electrons. The standard InChI is InChI=1S/C26H35N3O3S/c30-26(31)20-8-6-18(7-9-20)24-27-28-25(33-24)19-10-12-21(13-11-19)29-16-14-23(15-17-29)32-22-4-2-1-3-5-22/h10-13,18,20,22-23H,1-9,14-17H2,(H,30,31). The molecule has 1 aromatic carbocycles. The van der Waals surface area contributed by atoms with Crippen LogP contribution in [0, 0.1) is 5.92 Å². The van der Waals surface area contributed by atoms with Gasteiger partial charge in [-0.1, -0.05) is 30.6 Å². The maximum Gasteiger partial charge on any atom is 0.306 e. The van der Waals surface area contributed by atoms with E-state index in [0.29, 0.717) is 18.1 Å². The number of ether oxygens (including phenoxy) is 1. The van der Waals surface area contributed by atoms with E-state index < -0.39 is 5.97 Å². The van der Waals surface area contributed by atoms with E-state index in [1.807, 2.05) is 0 Å². The second-order valence-electron chi connectivity index (χ2n) is 9.96. The second-order valence-corrected chi connectivity index (χ2v) is 11.0. The minimum atomic E-state index is -0.660. The van der Waals surface area contributed by atoms with Crippen molar-refractivity contribution in [3.05, 3.63) is 29.3 Å². The van der Waals surface area contributed by atoms with E-state index in [1.54, 1.807) is 11.3 Å². The van der Waals surface area contributed by atoms with Crippen LogP contribution in [-0.4, -0.2) is 46.6 Å². The Morgan fingerprint density at radius 1 is 0.879 bits per heavy atom. The summed E-state index contributed by atoms with van der Waals surface area (Å²) in [7, 11) is 0. The Morgan fingerprint density at radius 3 is 2.21 bits per heavy atom. The number of piperidine rings is 1. The lowest BCUT2D eigenvalue weighted by Crippen LogP contribution is -2.38. The summed E-state index contributed by atoms with van der Waals surface area (Å²) in [5.74, 6) is -0.499. The number of rotatable bonds is 6. The molecule has 0 amide bonds. The molecule has 3 fully saturated rings. The second kappa shape index (κ2) is 10.5. The monoisotopic (exact) mass is 469 g/mol. The van der Waals surface area contributed by atoms with E-state index in [-0.39, 0.29) is 5.92 Å². The molecular weight excluding hydrogens is 434 g/mol. The highest BCUT2D eigenvalue weighted by atomic mass is 32.1. The highest BCUT2D eigenvalue weighted by molar-refractivity contribution is 7.14.